The number of aryl methyl sites for hydroxylation is 1. The lowest BCUT2D eigenvalue weighted by Gasteiger charge is -2.21. The van der Waals surface area contributed by atoms with Gasteiger partial charge in [0.15, 0.2) is 0 Å². The Balaban J connectivity index is 2.28. The molecule has 0 aliphatic rings. The third-order valence-corrected chi connectivity index (χ3v) is 4.35. The summed E-state index contributed by atoms with van der Waals surface area (Å²) in [5.41, 5.74) is 9.36. The van der Waals surface area contributed by atoms with Crippen LogP contribution in [0.5, 0.6) is 0 Å². The molecule has 0 saturated carbocycles. The van der Waals surface area contributed by atoms with E-state index in [4.69, 9.17) is 5.73 Å². The minimum absolute atomic E-state index is 0.0775. The van der Waals surface area contributed by atoms with Crippen molar-refractivity contribution in [3.8, 4) is 0 Å². The molecule has 3 N–H and O–H groups in total. The molecular formula is C15H16Br2N2. The Hall–Kier alpha value is -0.840. The molecule has 0 spiro atoms. The largest absolute Gasteiger partial charge is 0.376 e. The topological polar surface area (TPSA) is 38.0 Å². The first-order valence-electron chi connectivity index (χ1n) is 6.09. The lowest BCUT2D eigenvalue weighted by atomic mass is 10.0. The zero-order valence-corrected chi connectivity index (χ0v) is 13.8. The van der Waals surface area contributed by atoms with E-state index < -0.39 is 0 Å². The summed E-state index contributed by atoms with van der Waals surface area (Å²) in [6.07, 6.45) is 0. The van der Waals surface area contributed by atoms with E-state index in [-0.39, 0.29) is 6.04 Å². The third kappa shape index (κ3) is 3.59. The van der Waals surface area contributed by atoms with Crippen molar-refractivity contribution < 1.29 is 0 Å². The van der Waals surface area contributed by atoms with Crippen molar-refractivity contribution in [2.75, 3.05) is 11.9 Å². The van der Waals surface area contributed by atoms with Crippen molar-refractivity contribution in [1.29, 1.82) is 0 Å². The summed E-state index contributed by atoms with van der Waals surface area (Å²) in [7, 11) is 0. The highest BCUT2D eigenvalue weighted by molar-refractivity contribution is 9.11. The summed E-state index contributed by atoms with van der Waals surface area (Å²) >= 11 is 7.15. The van der Waals surface area contributed by atoms with Crippen LogP contribution in [0.25, 0.3) is 0 Å². The van der Waals surface area contributed by atoms with E-state index in [0.717, 1.165) is 14.6 Å². The van der Waals surface area contributed by atoms with Crippen LogP contribution in [0.1, 0.15) is 17.2 Å². The molecule has 0 saturated heterocycles. The maximum atomic E-state index is 5.91. The van der Waals surface area contributed by atoms with Gasteiger partial charge < -0.3 is 11.1 Å². The molecule has 0 bridgehead atoms. The number of para-hydroxylation sites is 1. The summed E-state index contributed by atoms with van der Waals surface area (Å²) in [6.45, 7) is 2.61. The van der Waals surface area contributed by atoms with Crippen molar-refractivity contribution in [3.05, 3.63) is 62.5 Å². The molecule has 0 fully saturated rings. The monoisotopic (exact) mass is 382 g/mol. The standard InChI is InChI=1S/C15H16Br2N2/c1-10-6-7-11(13(17)8-10)15(9-18)19-14-5-3-2-4-12(14)16/h2-8,15,19H,9,18H2,1H3. The number of nitrogens with two attached hydrogens (primary N) is 1. The molecule has 4 heteroatoms. The van der Waals surface area contributed by atoms with E-state index in [1.165, 1.54) is 11.1 Å². The van der Waals surface area contributed by atoms with Crippen LogP contribution in [0, 0.1) is 6.92 Å². The molecule has 2 aromatic carbocycles. The summed E-state index contributed by atoms with van der Waals surface area (Å²) < 4.78 is 2.12. The Morgan fingerprint density at radius 3 is 2.47 bits per heavy atom. The first-order valence-corrected chi connectivity index (χ1v) is 7.67. The molecule has 2 aromatic rings. The second-order valence-electron chi connectivity index (χ2n) is 4.44. The van der Waals surface area contributed by atoms with Crippen molar-refractivity contribution in [2.24, 2.45) is 5.73 Å². The second-order valence-corrected chi connectivity index (χ2v) is 6.15. The summed E-state index contributed by atoms with van der Waals surface area (Å²) in [6, 6.07) is 14.5. The van der Waals surface area contributed by atoms with Gasteiger partial charge in [-0.2, -0.15) is 0 Å². The number of halogens is 2. The molecule has 0 heterocycles. The van der Waals surface area contributed by atoms with Crippen LogP contribution in [0.2, 0.25) is 0 Å². The third-order valence-electron chi connectivity index (χ3n) is 2.97. The van der Waals surface area contributed by atoms with Gasteiger partial charge in [-0.1, -0.05) is 40.2 Å². The van der Waals surface area contributed by atoms with E-state index >= 15 is 0 Å². The van der Waals surface area contributed by atoms with E-state index in [2.05, 4.69) is 62.3 Å². The first-order chi connectivity index (χ1) is 9.11. The van der Waals surface area contributed by atoms with Gasteiger partial charge in [0, 0.05) is 21.2 Å². The second kappa shape index (κ2) is 6.55. The number of benzene rings is 2. The van der Waals surface area contributed by atoms with Gasteiger partial charge in [0.2, 0.25) is 0 Å². The van der Waals surface area contributed by atoms with Crippen LogP contribution in [0.3, 0.4) is 0 Å². The molecule has 0 amide bonds. The Bertz CT molecular complexity index is 570. The number of nitrogens with one attached hydrogen (secondary N) is 1. The summed E-state index contributed by atoms with van der Waals surface area (Å²) in [4.78, 5) is 0. The summed E-state index contributed by atoms with van der Waals surface area (Å²) in [5.74, 6) is 0. The highest BCUT2D eigenvalue weighted by atomic mass is 79.9. The molecule has 0 aliphatic carbocycles. The van der Waals surface area contributed by atoms with Gasteiger partial charge in [0.1, 0.15) is 0 Å². The molecular weight excluding hydrogens is 368 g/mol. The Morgan fingerprint density at radius 2 is 1.84 bits per heavy atom. The molecule has 0 radical (unpaired) electrons. The van der Waals surface area contributed by atoms with Crippen molar-refractivity contribution in [3.63, 3.8) is 0 Å². The Morgan fingerprint density at radius 1 is 1.11 bits per heavy atom. The van der Waals surface area contributed by atoms with Crippen LogP contribution in [0.15, 0.2) is 51.4 Å². The molecule has 100 valence electrons. The van der Waals surface area contributed by atoms with E-state index in [9.17, 15) is 0 Å². The van der Waals surface area contributed by atoms with Crippen LogP contribution in [-0.2, 0) is 0 Å². The van der Waals surface area contributed by atoms with Crippen LogP contribution >= 0.6 is 31.9 Å². The zero-order valence-electron chi connectivity index (χ0n) is 10.7. The normalized spacial score (nSPS) is 12.2. The molecule has 19 heavy (non-hydrogen) atoms. The van der Waals surface area contributed by atoms with Crippen molar-refractivity contribution in [2.45, 2.75) is 13.0 Å². The SMILES string of the molecule is Cc1ccc(C(CN)Nc2ccccc2Br)c(Br)c1. The maximum absolute atomic E-state index is 5.91. The minimum Gasteiger partial charge on any atom is -0.376 e. The lowest BCUT2D eigenvalue weighted by Crippen LogP contribution is -2.21. The number of hydrogen-bond acceptors (Lipinski definition) is 2. The van der Waals surface area contributed by atoms with Gasteiger partial charge >= 0.3 is 0 Å². The smallest absolute Gasteiger partial charge is 0.0647 e. The maximum Gasteiger partial charge on any atom is 0.0647 e. The van der Waals surface area contributed by atoms with E-state index in [1.807, 2.05) is 24.3 Å². The predicted octanol–water partition coefficient (Wildman–Crippen LogP) is 4.63. The highest BCUT2D eigenvalue weighted by Crippen LogP contribution is 2.29. The number of hydrogen-bond donors (Lipinski definition) is 2. The first kappa shape index (κ1) is 14.6. The quantitative estimate of drug-likeness (QED) is 0.807. The van der Waals surface area contributed by atoms with Crippen molar-refractivity contribution in [1.82, 2.24) is 0 Å². The van der Waals surface area contributed by atoms with Gasteiger partial charge in [-0.05, 0) is 52.2 Å². The van der Waals surface area contributed by atoms with Crippen LogP contribution in [0.4, 0.5) is 5.69 Å². The lowest BCUT2D eigenvalue weighted by molar-refractivity contribution is 0.785. The molecule has 2 nitrogen and oxygen atoms in total. The average molecular weight is 384 g/mol. The van der Waals surface area contributed by atoms with Gasteiger partial charge in [-0.15, -0.1) is 0 Å². The van der Waals surface area contributed by atoms with Gasteiger partial charge in [0.05, 0.1) is 6.04 Å². The highest BCUT2D eigenvalue weighted by Gasteiger charge is 2.13. The van der Waals surface area contributed by atoms with E-state index in [1.54, 1.807) is 0 Å². The Labute approximate surface area is 130 Å². The minimum atomic E-state index is 0.0775. The molecule has 2 rings (SSSR count). The van der Waals surface area contributed by atoms with Crippen LogP contribution in [-0.4, -0.2) is 6.54 Å². The van der Waals surface area contributed by atoms with Crippen molar-refractivity contribution >= 4 is 37.5 Å². The number of rotatable bonds is 4. The predicted molar refractivity (Wildman–Crippen MR) is 88.4 cm³/mol. The average Bonchev–Trinajstić information content (AvgIpc) is 2.39. The fourth-order valence-electron chi connectivity index (χ4n) is 1.94. The molecule has 1 unspecified atom stereocenters. The van der Waals surface area contributed by atoms with Gasteiger partial charge in [0.25, 0.3) is 0 Å². The van der Waals surface area contributed by atoms with Gasteiger partial charge in [-0.3, -0.25) is 0 Å². The van der Waals surface area contributed by atoms with Crippen LogP contribution < -0.4 is 11.1 Å². The molecule has 0 aliphatic heterocycles. The molecule has 0 aromatic heterocycles. The fourth-order valence-corrected chi connectivity index (χ4v) is 3.11. The fraction of sp³-hybridized carbons (Fsp3) is 0.200. The van der Waals surface area contributed by atoms with Gasteiger partial charge in [-0.25, -0.2) is 0 Å². The van der Waals surface area contributed by atoms with E-state index in [0.29, 0.717) is 6.54 Å². The Kier molecular flexibility index (Phi) is 5.02. The number of anilines is 1. The summed E-state index contributed by atoms with van der Waals surface area (Å²) in [5, 5.41) is 3.47. The molecule has 1 atom stereocenters. The zero-order chi connectivity index (χ0) is 13.8.